The van der Waals surface area contributed by atoms with Crippen LogP contribution < -0.4 is 20.1 Å². The van der Waals surface area contributed by atoms with Crippen LogP contribution in [0.15, 0.2) is 48.5 Å². The Bertz CT molecular complexity index is 789. The molecule has 0 saturated heterocycles. The molecule has 28 heavy (non-hydrogen) atoms. The number of hydrogen-bond acceptors (Lipinski definition) is 4. The number of amides is 1. The van der Waals surface area contributed by atoms with Gasteiger partial charge in [0.15, 0.2) is 5.11 Å². The average Bonchev–Trinajstić information content (AvgIpc) is 2.65. The molecule has 2 aromatic carbocycles. The zero-order chi connectivity index (χ0) is 20.5. The molecule has 0 spiro atoms. The van der Waals surface area contributed by atoms with Gasteiger partial charge in [-0.25, -0.2) is 0 Å². The van der Waals surface area contributed by atoms with Crippen LogP contribution >= 0.6 is 12.2 Å². The van der Waals surface area contributed by atoms with Crippen LogP contribution in [0.1, 0.15) is 43.6 Å². The van der Waals surface area contributed by atoms with Crippen LogP contribution in [-0.2, 0) is 6.54 Å². The summed E-state index contributed by atoms with van der Waals surface area (Å²) in [6, 6.07) is 14.8. The number of thiocarbonyl (C=S) groups is 1. The van der Waals surface area contributed by atoms with Gasteiger partial charge >= 0.3 is 0 Å². The minimum Gasteiger partial charge on any atom is -0.493 e. The highest BCUT2D eigenvalue weighted by molar-refractivity contribution is 7.80. The van der Waals surface area contributed by atoms with E-state index in [9.17, 15) is 4.79 Å². The highest BCUT2D eigenvalue weighted by Gasteiger charge is 2.09. The molecule has 0 unspecified atom stereocenters. The Balaban J connectivity index is 1.84. The van der Waals surface area contributed by atoms with Gasteiger partial charge in [-0.2, -0.15) is 0 Å². The fourth-order valence-electron chi connectivity index (χ4n) is 2.35. The maximum Gasteiger partial charge on any atom is 0.257 e. The second-order valence-electron chi connectivity index (χ2n) is 7.18. The summed E-state index contributed by atoms with van der Waals surface area (Å²) in [5.74, 6) is 1.64. The van der Waals surface area contributed by atoms with E-state index in [1.807, 2.05) is 44.2 Å². The lowest BCUT2D eigenvalue weighted by molar-refractivity contribution is 0.0976. The third-order valence-corrected chi connectivity index (χ3v) is 3.90. The Morgan fingerprint density at radius 3 is 2.39 bits per heavy atom. The van der Waals surface area contributed by atoms with Gasteiger partial charge in [0.1, 0.15) is 11.5 Å². The molecule has 5 nitrogen and oxygen atoms in total. The van der Waals surface area contributed by atoms with E-state index >= 15 is 0 Å². The SMILES string of the molecule is CC(C)COc1cccc(C(=O)NC(=S)NCc2ccc(OC(C)C)cc2)c1. The summed E-state index contributed by atoms with van der Waals surface area (Å²) in [5.41, 5.74) is 1.54. The largest absolute Gasteiger partial charge is 0.493 e. The quantitative estimate of drug-likeness (QED) is 0.647. The van der Waals surface area contributed by atoms with E-state index in [1.54, 1.807) is 18.2 Å². The second kappa shape index (κ2) is 10.7. The molecule has 0 aliphatic rings. The van der Waals surface area contributed by atoms with Crippen molar-refractivity contribution in [2.45, 2.75) is 40.3 Å². The molecule has 0 aliphatic carbocycles. The van der Waals surface area contributed by atoms with Crippen LogP contribution in [-0.4, -0.2) is 23.7 Å². The summed E-state index contributed by atoms with van der Waals surface area (Å²) in [5, 5.41) is 6.02. The van der Waals surface area contributed by atoms with Crippen LogP contribution in [0.3, 0.4) is 0 Å². The lowest BCUT2D eigenvalue weighted by Crippen LogP contribution is -2.38. The number of hydrogen-bond donors (Lipinski definition) is 2. The van der Waals surface area contributed by atoms with Crippen molar-refractivity contribution in [3.05, 3.63) is 59.7 Å². The van der Waals surface area contributed by atoms with Crippen LogP contribution in [0, 0.1) is 5.92 Å². The molecule has 2 N–H and O–H groups in total. The van der Waals surface area contributed by atoms with Crippen molar-refractivity contribution in [2.24, 2.45) is 5.92 Å². The molecule has 0 aromatic heterocycles. The number of rotatable bonds is 8. The topological polar surface area (TPSA) is 59.6 Å². The predicted octanol–water partition coefficient (Wildman–Crippen LogP) is 4.31. The number of carbonyl (C=O) groups is 1. The van der Waals surface area contributed by atoms with E-state index in [0.717, 1.165) is 11.3 Å². The molecule has 0 fully saturated rings. The molecular formula is C22H28N2O3S. The second-order valence-corrected chi connectivity index (χ2v) is 7.59. The highest BCUT2D eigenvalue weighted by Crippen LogP contribution is 2.15. The molecule has 2 aromatic rings. The monoisotopic (exact) mass is 400 g/mol. The predicted molar refractivity (Wildman–Crippen MR) is 116 cm³/mol. The molecule has 2 rings (SSSR count). The summed E-state index contributed by atoms with van der Waals surface area (Å²) in [4.78, 5) is 12.4. The van der Waals surface area contributed by atoms with Crippen LogP contribution in [0.25, 0.3) is 0 Å². The first-order valence-corrected chi connectivity index (χ1v) is 9.82. The number of ether oxygens (including phenoxy) is 2. The summed E-state index contributed by atoms with van der Waals surface area (Å²) < 4.78 is 11.3. The van der Waals surface area contributed by atoms with E-state index in [0.29, 0.717) is 30.4 Å². The van der Waals surface area contributed by atoms with E-state index in [4.69, 9.17) is 21.7 Å². The van der Waals surface area contributed by atoms with Crippen molar-refractivity contribution in [1.82, 2.24) is 10.6 Å². The van der Waals surface area contributed by atoms with Gasteiger partial charge in [-0.1, -0.05) is 32.0 Å². The first-order chi connectivity index (χ1) is 13.3. The molecule has 0 aliphatic heterocycles. The normalized spacial score (nSPS) is 10.6. The molecule has 0 heterocycles. The van der Waals surface area contributed by atoms with Gasteiger partial charge in [-0.3, -0.25) is 10.1 Å². The summed E-state index contributed by atoms with van der Waals surface area (Å²) in [7, 11) is 0. The highest BCUT2D eigenvalue weighted by atomic mass is 32.1. The Morgan fingerprint density at radius 2 is 1.75 bits per heavy atom. The fourth-order valence-corrected chi connectivity index (χ4v) is 2.51. The van der Waals surface area contributed by atoms with Crippen LogP contribution in [0.5, 0.6) is 11.5 Å². The van der Waals surface area contributed by atoms with Crippen molar-refractivity contribution in [3.63, 3.8) is 0 Å². The Labute approximate surface area is 172 Å². The molecule has 6 heteroatoms. The maximum atomic E-state index is 12.4. The lowest BCUT2D eigenvalue weighted by atomic mass is 10.2. The van der Waals surface area contributed by atoms with E-state index in [1.165, 1.54) is 0 Å². The Hall–Kier alpha value is -2.60. The van der Waals surface area contributed by atoms with E-state index < -0.39 is 0 Å². The van der Waals surface area contributed by atoms with Crippen molar-refractivity contribution < 1.29 is 14.3 Å². The van der Waals surface area contributed by atoms with E-state index in [2.05, 4.69) is 24.5 Å². The molecule has 0 bridgehead atoms. The smallest absolute Gasteiger partial charge is 0.257 e. The van der Waals surface area contributed by atoms with Gasteiger partial charge in [0, 0.05) is 12.1 Å². The number of nitrogens with one attached hydrogen (secondary N) is 2. The van der Waals surface area contributed by atoms with Gasteiger partial charge < -0.3 is 14.8 Å². The molecule has 0 saturated carbocycles. The van der Waals surface area contributed by atoms with Gasteiger partial charge in [0.05, 0.1) is 12.7 Å². The molecular weight excluding hydrogens is 372 g/mol. The standard InChI is InChI=1S/C22H28N2O3S/c1-15(2)14-26-20-7-5-6-18(12-20)21(25)24-22(28)23-13-17-8-10-19(11-9-17)27-16(3)4/h5-12,15-16H,13-14H2,1-4H3,(H2,23,24,25,28). The fraction of sp³-hybridized carbons (Fsp3) is 0.364. The molecule has 150 valence electrons. The van der Waals surface area contributed by atoms with Gasteiger partial charge in [-0.15, -0.1) is 0 Å². The minimum atomic E-state index is -0.270. The first kappa shape index (κ1) is 21.7. The summed E-state index contributed by atoms with van der Waals surface area (Å²) in [6.07, 6.45) is 0.140. The van der Waals surface area contributed by atoms with Crippen LogP contribution in [0.4, 0.5) is 0 Å². The minimum absolute atomic E-state index is 0.140. The summed E-state index contributed by atoms with van der Waals surface area (Å²) >= 11 is 5.23. The van der Waals surface area contributed by atoms with Crippen molar-refractivity contribution in [2.75, 3.05) is 6.61 Å². The van der Waals surface area contributed by atoms with Gasteiger partial charge in [0.2, 0.25) is 0 Å². The van der Waals surface area contributed by atoms with E-state index in [-0.39, 0.29) is 17.1 Å². The zero-order valence-corrected chi connectivity index (χ0v) is 17.6. The van der Waals surface area contributed by atoms with Crippen LogP contribution in [0.2, 0.25) is 0 Å². The van der Waals surface area contributed by atoms with Crippen molar-refractivity contribution in [1.29, 1.82) is 0 Å². The van der Waals surface area contributed by atoms with Gasteiger partial charge in [0.25, 0.3) is 5.91 Å². The lowest BCUT2D eigenvalue weighted by Gasteiger charge is -2.12. The molecule has 0 atom stereocenters. The van der Waals surface area contributed by atoms with Crippen molar-refractivity contribution in [3.8, 4) is 11.5 Å². The number of carbonyl (C=O) groups excluding carboxylic acids is 1. The van der Waals surface area contributed by atoms with Gasteiger partial charge in [-0.05, 0) is 67.9 Å². The number of benzene rings is 2. The molecule has 1 amide bonds. The third-order valence-electron chi connectivity index (χ3n) is 3.65. The molecule has 0 radical (unpaired) electrons. The maximum absolute atomic E-state index is 12.4. The third kappa shape index (κ3) is 7.56. The first-order valence-electron chi connectivity index (χ1n) is 9.41. The van der Waals surface area contributed by atoms with Crippen molar-refractivity contribution >= 4 is 23.2 Å². The Kier molecular flexibility index (Phi) is 8.26. The summed E-state index contributed by atoms with van der Waals surface area (Å²) in [6.45, 7) is 9.24. The zero-order valence-electron chi connectivity index (χ0n) is 16.8. The Morgan fingerprint density at radius 1 is 1.04 bits per heavy atom. The average molecular weight is 401 g/mol.